The summed E-state index contributed by atoms with van der Waals surface area (Å²) in [6.07, 6.45) is 0. The lowest BCUT2D eigenvalue weighted by molar-refractivity contribution is 0.266. The van der Waals surface area contributed by atoms with Crippen molar-refractivity contribution in [3.63, 3.8) is 0 Å². The Morgan fingerprint density at radius 2 is 2.14 bits per heavy atom. The number of aromatic hydroxyl groups is 1. The number of aliphatic hydroxyl groups is 1. The predicted octanol–water partition coefficient (Wildman–Crippen LogP) is 1.64. The molecule has 0 amide bonds. The molecule has 1 unspecified atom stereocenters. The Hall–Kier alpha value is -1.29. The zero-order chi connectivity index (χ0) is 10.7. The van der Waals surface area contributed by atoms with Crippen molar-refractivity contribution in [3.8, 4) is 11.5 Å². The molecule has 4 heteroatoms. The average Bonchev–Trinajstić information content (AvgIpc) is 2.18. The van der Waals surface area contributed by atoms with Crippen molar-refractivity contribution < 1.29 is 19.3 Å². The van der Waals surface area contributed by atoms with Gasteiger partial charge in [-0.15, -0.1) is 0 Å². The predicted molar refractivity (Wildman–Crippen MR) is 50.1 cm³/mol. The Kier molecular flexibility index (Phi) is 3.30. The Morgan fingerprint density at radius 1 is 1.50 bits per heavy atom. The van der Waals surface area contributed by atoms with E-state index in [4.69, 9.17) is 9.84 Å². The summed E-state index contributed by atoms with van der Waals surface area (Å²) >= 11 is 0. The van der Waals surface area contributed by atoms with Gasteiger partial charge in [0.2, 0.25) is 0 Å². The molecule has 0 fully saturated rings. The number of benzene rings is 1. The standard InChI is InChI=1S/C10H13FO3/c1-6(5-12)9-7(11)3-4-8(14-2)10(9)13/h3-4,6,12-13H,5H2,1-2H3. The van der Waals surface area contributed by atoms with Gasteiger partial charge in [-0.25, -0.2) is 4.39 Å². The second-order valence-corrected chi connectivity index (χ2v) is 3.10. The van der Waals surface area contributed by atoms with E-state index >= 15 is 0 Å². The van der Waals surface area contributed by atoms with Gasteiger partial charge < -0.3 is 14.9 Å². The van der Waals surface area contributed by atoms with E-state index in [1.54, 1.807) is 6.92 Å². The zero-order valence-corrected chi connectivity index (χ0v) is 8.12. The number of rotatable bonds is 3. The maximum atomic E-state index is 13.3. The summed E-state index contributed by atoms with van der Waals surface area (Å²) in [6, 6.07) is 2.55. The molecule has 2 N–H and O–H groups in total. The molecule has 1 rings (SSSR count). The minimum Gasteiger partial charge on any atom is -0.504 e. The van der Waals surface area contributed by atoms with Crippen LogP contribution >= 0.6 is 0 Å². The Bertz CT molecular complexity index is 325. The topological polar surface area (TPSA) is 49.7 Å². The highest BCUT2D eigenvalue weighted by molar-refractivity contribution is 5.47. The van der Waals surface area contributed by atoms with Crippen molar-refractivity contribution in [1.29, 1.82) is 0 Å². The molecule has 1 atom stereocenters. The molecule has 0 bridgehead atoms. The zero-order valence-electron chi connectivity index (χ0n) is 8.12. The smallest absolute Gasteiger partial charge is 0.164 e. The number of ether oxygens (including phenoxy) is 1. The van der Waals surface area contributed by atoms with Crippen LogP contribution in [-0.4, -0.2) is 23.9 Å². The molecule has 78 valence electrons. The number of hydrogen-bond acceptors (Lipinski definition) is 3. The summed E-state index contributed by atoms with van der Waals surface area (Å²) in [6.45, 7) is 1.40. The Morgan fingerprint density at radius 3 is 2.64 bits per heavy atom. The van der Waals surface area contributed by atoms with Crippen LogP contribution < -0.4 is 4.74 Å². The number of hydrogen-bond donors (Lipinski definition) is 2. The molecule has 14 heavy (non-hydrogen) atoms. The first-order chi connectivity index (χ1) is 6.61. The lowest BCUT2D eigenvalue weighted by Crippen LogP contribution is -2.03. The maximum absolute atomic E-state index is 13.3. The minimum atomic E-state index is -0.537. The quantitative estimate of drug-likeness (QED) is 0.779. The number of phenolic OH excluding ortho intramolecular Hbond substituents is 1. The highest BCUT2D eigenvalue weighted by Gasteiger charge is 2.18. The molecule has 0 saturated carbocycles. The van der Waals surface area contributed by atoms with Gasteiger partial charge in [-0.2, -0.15) is 0 Å². The Balaban J connectivity index is 3.25. The Labute approximate surface area is 81.8 Å². The first-order valence-electron chi connectivity index (χ1n) is 4.28. The molecule has 0 aliphatic rings. The van der Waals surface area contributed by atoms with E-state index in [1.807, 2.05) is 0 Å². The number of aliphatic hydroxyl groups excluding tert-OH is 1. The number of methoxy groups -OCH3 is 1. The van der Waals surface area contributed by atoms with Crippen LogP contribution in [0.3, 0.4) is 0 Å². The van der Waals surface area contributed by atoms with Gasteiger partial charge in [0, 0.05) is 18.1 Å². The normalized spacial score (nSPS) is 12.6. The molecule has 0 aromatic heterocycles. The molecule has 0 heterocycles. The third-order valence-electron chi connectivity index (χ3n) is 2.11. The van der Waals surface area contributed by atoms with Crippen LogP contribution in [0.4, 0.5) is 4.39 Å². The highest BCUT2D eigenvalue weighted by Crippen LogP contribution is 2.36. The second-order valence-electron chi connectivity index (χ2n) is 3.10. The van der Waals surface area contributed by atoms with Crippen molar-refractivity contribution in [2.75, 3.05) is 13.7 Å². The summed E-state index contributed by atoms with van der Waals surface area (Å²) in [5, 5.41) is 18.5. The molecule has 0 spiro atoms. The molecule has 0 radical (unpaired) electrons. The maximum Gasteiger partial charge on any atom is 0.164 e. The fraction of sp³-hybridized carbons (Fsp3) is 0.400. The van der Waals surface area contributed by atoms with Crippen LogP contribution in [0, 0.1) is 5.82 Å². The summed E-state index contributed by atoms with van der Waals surface area (Å²) in [5.41, 5.74) is 0.0897. The van der Waals surface area contributed by atoms with E-state index in [2.05, 4.69) is 0 Å². The number of halogens is 1. The average molecular weight is 200 g/mol. The van der Waals surface area contributed by atoms with Gasteiger partial charge in [-0.05, 0) is 12.1 Å². The van der Waals surface area contributed by atoms with Crippen LogP contribution in [0.2, 0.25) is 0 Å². The first-order valence-corrected chi connectivity index (χ1v) is 4.28. The van der Waals surface area contributed by atoms with E-state index in [1.165, 1.54) is 19.2 Å². The first kappa shape index (κ1) is 10.8. The summed E-state index contributed by atoms with van der Waals surface area (Å²) < 4.78 is 18.1. The molecular weight excluding hydrogens is 187 g/mol. The van der Waals surface area contributed by atoms with Gasteiger partial charge in [0.25, 0.3) is 0 Å². The molecular formula is C10H13FO3. The molecule has 1 aromatic rings. The largest absolute Gasteiger partial charge is 0.504 e. The van der Waals surface area contributed by atoms with Gasteiger partial charge in [0.1, 0.15) is 5.82 Å². The number of phenols is 1. The lowest BCUT2D eigenvalue weighted by atomic mass is 10.00. The van der Waals surface area contributed by atoms with Crippen molar-refractivity contribution >= 4 is 0 Å². The summed E-state index contributed by atoms with van der Waals surface area (Å²) in [4.78, 5) is 0. The van der Waals surface area contributed by atoms with E-state index < -0.39 is 11.7 Å². The van der Waals surface area contributed by atoms with Gasteiger partial charge >= 0.3 is 0 Å². The van der Waals surface area contributed by atoms with E-state index in [0.29, 0.717) is 0 Å². The van der Waals surface area contributed by atoms with Crippen LogP contribution in [0.1, 0.15) is 18.4 Å². The van der Waals surface area contributed by atoms with Gasteiger partial charge in [-0.1, -0.05) is 6.92 Å². The lowest BCUT2D eigenvalue weighted by Gasteiger charge is -2.13. The van der Waals surface area contributed by atoms with Gasteiger partial charge in [-0.3, -0.25) is 0 Å². The molecule has 0 aliphatic heterocycles. The third kappa shape index (κ3) is 1.80. The van der Waals surface area contributed by atoms with Crippen LogP contribution in [0.25, 0.3) is 0 Å². The van der Waals surface area contributed by atoms with Crippen molar-refractivity contribution in [2.24, 2.45) is 0 Å². The second kappa shape index (κ2) is 4.28. The summed E-state index contributed by atoms with van der Waals surface area (Å²) in [7, 11) is 1.39. The highest BCUT2D eigenvalue weighted by atomic mass is 19.1. The molecule has 0 saturated heterocycles. The summed E-state index contributed by atoms with van der Waals surface area (Å²) in [5.74, 6) is -1.02. The van der Waals surface area contributed by atoms with Crippen LogP contribution in [0.15, 0.2) is 12.1 Å². The van der Waals surface area contributed by atoms with E-state index in [-0.39, 0.29) is 23.7 Å². The van der Waals surface area contributed by atoms with Crippen molar-refractivity contribution in [3.05, 3.63) is 23.5 Å². The SMILES string of the molecule is COc1ccc(F)c(C(C)CO)c1O. The minimum absolute atomic E-state index is 0.0897. The molecule has 0 aliphatic carbocycles. The monoisotopic (exact) mass is 200 g/mol. The molecule has 1 aromatic carbocycles. The van der Waals surface area contributed by atoms with Gasteiger partial charge in [0.15, 0.2) is 11.5 Å². The molecule has 3 nitrogen and oxygen atoms in total. The van der Waals surface area contributed by atoms with Crippen molar-refractivity contribution in [1.82, 2.24) is 0 Å². The third-order valence-corrected chi connectivity index (χ3v) is 2.11. The van der Waals surface area contributed by atoms with Crippen LogP contribution in [-0.2, 0) is 0 Å². The fourth-order valence-corrected chi connectivity index (χ4v) is 1.29. The van der Waals surface area contributed by atoms with Crippen LogP contribution in [0.5, 0.6) is 11.5 Å². The van der Waals surface area contributed by atoms with Gasteiger partial charge in [0.05, 0.1) is 7.11 Å². The van der Waals surface area contributed by atoms with Crippen molar-refractivity contribution in [2.45, 2.75) is 12.8 Å². The fourth-order valence-electron chi connectivity index (χ4n) is 1.29. The van der Waals surface area contributed by atoms with E-state index in [0.717, 1.165) is 0 Å². The van der Waals surface area contributed by atoms with E-state index in [9.17, 15) is 9.50 Å².